The number of hydrogen-bond acceptors (Lipinski definition) is 3. The number of nitrogens with two attached hydrogens (primary N) is 1. The lowest BCUT2D eigenvalue weighted by Gasteiger charge is -2.10. The highest BCUT2D eigenvalue weighted by Gasteiger charge is 2.12. The minimum atomic E-state index is -0.734. The number of aromatic nitrogens is 2. The van der Waals surface area contributed by atoms with E-state index in [1.807, 2.05) is 0 Å². The number of nitrogens with zero attached hydrogens (tertiary/aromatic N) is 1. The first-order valence-electron chi connectivity index (χ1n) is 6.57. The summed E-state index contributed by atoms with van der Waals surface area (Å²) < 4.78 is 0. The maximum Gasteiger partial charge on any atom is 0.136 e. The molecule has 2 aromatic rings. The van der Waals surface area contributed by atoms with Crippen molar-refractivity contribution in [3.05, 3.63) is 41.3 Å². The van der Waals surface area contributed by atoms with E-state index >= 15 is 0 Å². The summed E-state index contributed by atoms with van der Waals surface area (Å²) in [5.41, 5.74) is 9.94. The Hall–Kier alpha value is -1.65. The summed E-state index contributed by atoms with van der Waals surface area (Å²) in [7, 11) is 0. The molecule has 4 N–H and O–H groups in total. The Bertz CT molecular complexity index is 560. The van der Waals surface area contributed by atoms with Crippen molar-refractivity contribution in [2.24, 2.45) is 5.73 Å². The standard InChI is InChI=1S/C15H21N3O/c1-9(2)11-5-4-10(3)12(6-11)13-8-17-15(18-13)14(19)7-16/h4-6,8-9,14,19H,7,16H2,1-3H3,(H,17,18). The molecule has 0 aliphatic rings. The number of rotatable bonds is 4. The minimum absolute atomic E-state index is 0.165. The third-order valence-electron chi connectivity index (χ3n) is 3.35. The molecule has 0 radical (unpaired) electrons. The summed E-state index contributed by atoms with van der Waals surface area (Å²) in [4.78, 5) is 7.34. The molecule has 0 spiro atoms. The lowest BCUT2D eigenvalue weighted by atomic mass is 9.97. The van der Waals surface area contributed by atoms with Crippen molar-refractivity contribution in [3.8, 4) is 11.3 Å². The Morgan fingerprint density at radius 3 is 2.74 bits per heavy atom. The average molecular weight is 259 g/mol. The number of aromatic amines is 1. The van der Waals surface area contributed by atoms with Crippen molar-refractivity contribution < 1.29 is 5.11 Å². The molecule has 1 heterocycles. The SMILES string of the molecule is Cc1ccc(C(C)C)cc1-c1cnc(C(O)CN)[nH]1. The summed E-state index contributed by atoms with van der Waals surface area (Å²) >= 11 is 0. The highest BCUT2D eigenvalue weighted by molar-refractivity contribution is 5.64. The van der Waals surface area contributed by atoms with Crippen LogP contribution in [0.5, 0.6) is 0 Å². The number of benzene rings is 1. The second kappa shape index (κ2) is 5.55. The van der Waals surface area contributed by atoms with Crippen LogP contribution in [0.25, 0.3) is 11.3 Å². The van der Waals surface area contributed by atoms with Crippen LogP contribution in [0.4, 0.5) is 0 Å². The van der Waals surface area contributed by atoms with Crippen molar-refractivity contribution in [1.82, 2.24) is 9.97 Å². The van der Waals surface area contributed by atoms with Gasteiger partial charge in [-0.15, -0.1) is 0 Å². The Labute approximate surface area is 113 Å². The molecule has 0 bridgehead atoms. The van der Waals surface area contributed by atoms with E-state index < -0.39 is 6.10 Å². The van der Waals surface area contributed by atoms with E-state index in [0.29, 0.717) is 11.7 Å². The van der Waals surface area contributed by atoms with E-state index in [0.717, 1.165) is 11.3 Å². The maximum atomic E-state index is 9.68. The number of aliphatic hydroxyl groups excluding tert-OH is 1. The monoisotopic (exact) mass is 259 g/mol. The molecule has 0 aliphatic heterocycles. The van der Waals surface area contributed by atoms with Gasteiger partial charge in [0.05, 0.1) is 11.9 Å². The summed E-state index contributed by atoms with van der Waals surface area (Å²) in [6.07, 6.45) is 1.02. The molecule has 1 aromatic carbocycles. The molecular weight excluding hydrogens is 238 g/mol. The van der Waals surface area contributed by atoms with Crippen molar-refractivity contribution >= 4 is 0 Å². The van der Waals surface area contributed by atoms with Gasteiger partial charge < -0.3 is 15.8 Å². The Kier molecular flexibility index (Phi) is 4.02. The van der Waals surface area contributed by atoms with Gasteiger partial charge in [-0.2, -0.15) is 0 Å². The van der Waals surface area contributed by atoms with Crippen LogP contribution in [0.2, 0.25) is 0 Å². The van der Waals surface area contributed by atoms with Crippen molar-refractivity contribution in [3.63, 3.8) is 0 Å². The molecule has 0 saturated heterocycles. The summed E-state index contributed by atoms with van der Waals surface area (Å²) in [6.45, 7) is 6.58. The second-order valence-corrected chi connectivity index (χ2v) is 5.16. The minimum Gasteiger partial charge on any atom is -0.384 e. The third-order valence-corrected chi connectivity index (χ3v) is 3.35. The van der Waals surface area contributed by atoms with E-state index in [1.165, 1.54) is 11.1 Å². The predicted molar refractivity (Wildman–Crippen MR) is 76.9 cm³/mol. The number of nitrogens with one attached hydrogen (secondary N) is 1. The highest BCUT2D eigenvalue weighted by atomic mass is 16.3. The molecule has 0 amide bonds. The topological polar surface area (TPSA) is 74.9 Å². The largest absolute Gasteiger partial charge is 0.384 e. The first kappa shape index (κ1) is 13.8. The molecule has 1 atom stereocenters. The van der Waals surface area contributed by atoms with Gasteiger partial charge >= 0.3 is 0 Å². The lowest BCUT2D eigenvalue weighted by molar-refractivity contribution is 0.177. The van der Waals surface area contributed by atoms with E-state index in [9.17, 15) is 5.11 Å². The Morgan fingerprint density at radius 1 is 1.37 bits per heavy atom. The molecule has 0 fully saturated rings. The molecule has 102 valence electrons. The van der Waals surface area contributed by atoms with Gasteiger partial charge in [0.1, 0.15) is 11.9 Å². The summed E-state index contributed by atoms with van der Waals surface area (Å²) in [5.74, 6) is 1.00. The van der Waals surface area contributed by atoms with Crippen LogP contribution in [0, 0.1) is 6.92 Å². The average Bonchev–Trinajstić information content (AvgIpc) is 2.87. The van der Waals surface area contributed by atoms with Gasteiger partial charge in [0.25, 0.3) is 0 Å². The van der Waals surface area contributed by atoms with Gasteiger partial charge in [-0.3, -0.25) is 0 Å². The zero-order chi connectivity index (χ0) is 14.0. The van der Waals surface area contributed by atoms with Gasteiger partial charge in [0, 0.05) is 12.1 Å². The van der Waals surface area contributed by atoms with E-state index in [-0.39, 0.29) is 6.54 Å². The Morgan fingerprint density at radius 2 is 2.11 bits per heavy atom. The van der Waals surface area contributed by atoms with Crippen LogP contribution in [0.15, 0.2) is 24.4 Å². The summed E-state index contributed by atoms with van der Waals surface area (Å²) in [5, 5.41) is 9.68. The Balaban J connectivity index is 2.40. The molecule has 4 heteroatoms. The quantitative estimate of drug-likeness (QED) is 0.789. The van der Waals surface area contributed by atoms with Crippen LogP contribution < -0.4 is 5.73 Å². The number of aryl methyl sites for hydroxylation is 1. The van der Waals surface area contributed by atoms with Crippen LogP contribution >= 0.6 is 0 Å². The number of imidazole rings is 1. The van der Waals surface area contributed by atoms with E-state index in [4.69, 9.17) is 5.73 Å². The number of H-pyrrole nitrogens is 1. The molecule has 2 rings (SSSR count). The first-order chi connectivity index (χ1) is 9.02. The lowest BCUT2D eigenvalue weighted by Crippen LogP contribution is -2.12. The second-order valence-electron chi connectivity index (χ2n) is 5.16. The number of aliphatic hydroxyl groups is 1. The van der Waals surface area contributed by atoms with Crippen LogP contribution in [0.3, 0.4) is 0 Å². The van der Waals surface area contributed by atoms with Gasteiger partial charge in [-0.25, -0.2) is 4.98 Å². The molecule has 0 aliphatic carbocycles. The fourth-order valence-corrected chi connectivity index (χ4v) is 2.04. The van der Waals surface area contributed by atoms with E-state index in [1.54, 1.807) is 6.20 Å². The predicted octanol–water partition coefficient (Wildman–Crippen LogP) is 2.50. The molecule has 0 saturated carbocycles. The van der Waals surface area contributed by atoms with Gasteiger partial charge in [-0.05, 0) is 30.0 Å². The van der Waals surface area contributed by atoms with Gasteiger partial charge in [-0.1, -0.05) is 26.0 Å². The molecule has 19 heavy (non-hydrogen) atoms. The van der Waals surface area contributed by atoms with Crippen LogP contribution in [0.1, 0.15) is 42.8 Å². The van der Waals surface area contributed by atoms with Crippen molar-refractivity contribution in [2.75, 3.05) is 6.54 Å². The smallest absolute Gasteiger partial charge is 0.136 e. The van der Waals surface area contributed by atoms with Gasteiger partial charge in [0.2, 0.25) is 0 Å². The third kappa shape index (κ3) is 2.85. The maximum absolute atomic E-state index is 9.68. The highest BCUT2D eigenvalue weighted by Crippen LogP contribution is 2.27. The molecule has 1 unspecified atom stereocenters. The number of hydrogen-bond donors (Lipinski definition) is 3. The zero-order valence-corrected chi connectivity index (χ0v) is 11.6. The fourth-order valence-electron chi connectivity index (χ4n) is 2.04. The van der Waals surface area contributed by atoms with Gasteiger partial charge in [0.15, 0.2) is 0 Å². The van der Waals surface area contributed by atoms with Crippen molar-refractivity contribution in [2.45, 2.75) is 32.8 Å². The fraction of sp³-hybridized carbons (Fsp3) is 0.400. The molecule has 1 aromatic heterocycles. The van der Waals surface area contributed by atoms with Crippen LogP contribution in [-0.2, 0) is 0 Å². The van der Waals surface area contributed by atoms with E-state index in [2.05, 4.69) is 48.9 Å². The molecular formula is C15H21N3O. The normalized spacial score (nSPS) is 12.9. The zero-order valence-electron chi connectivity index (χ0n) is 11.6. The summed E-state index contributed by atoms with van der Waals surface area (Å²) in [6, 6.07) is 6.44. The van der Waals surface area contributed by atoms with Crippen molar-refractivity contribution in [1.29, 1.82) is 0 Å². The van der Waals surface area contributed by atoms with Crippen LogP contribution in [-0.4, -0.2) is 21.6 Å². The molecule has 4 nitrogen and oxygen atoms in total. The first-order valence-corrected chi connectivity index (χ1v) is 6.57.